The molecule has 0 atom stereocenters. The summed E-state index contributed by atoms with van der Waals surface area (Å²) in [5.41, 5.74) is 7.01. The summed E-state index contributed by atoms with van der Waals surface area (Å²) in [6.45, 7) is 5.17. The molecule has 35 heavy (non-hydrogen) atoms. The molecule has 0 spiro atoms. The first kappa shape index (κ1) is 24.7. The largest absolute Gasteiger partial charge is 0.493 e. The average molecular weight is 476 g/mol. The van der Waals surface area contributed by atoms with Gasteiger partial charge in [0.15, 0.2) is 0 Å². The fourth-order valence-corrected chi connectivity index (χ4v) is 4.29. The summed E-state index contributed by atoms with van der Waals surface area (Å²) >= 11 is 0. The Morgan fingerprint density at radius 2 is 1.91 bits per heavy atom. The van der Waals surface area contributed by atoms with E-state index in [1.807, 2.05) is 0 Å². The summed E-state index contributed by atoms with van der Waals surface area (Å²) in [6, 6.07) is 10.3. The monoisotopic (exact) mass is 476 g/mol. The second-order valence-electron chi connectivity index (χ2n) is 9.86. The van der Waals surface area contributed by atoms with Crippen LogP contribution in [-0.4, -0.2) is 49.3 Å². The third kappa shape index (κ3) is 6.18. The molecule has 1 aliphatic heterocycles. The Bertz CT molecular complexity index is 1130. The molecule has 2 aromatic rings. The lowest BCUT2D eigenvalue weighted by molar-refractivity contribution is 0.0343. The molecule has 1 aromatic carbocycles. The molecule has 2 fully saturated rings. The molecule has 2 amide bonds. The maximum Gasteiger partial charge on any atom is 0.493 e. The Balaban J connectivity index is 1.36. The number of ether oxygens (including phenoxy) is 1. The van der Waals surface area contributed by atoms with Crippen LogP contribution in [0.2, 0.25) is 0 Å². The van der Waals surface area contributed by atoms with Gasteiger partial charge in [-0.15, -0.1) is 0 Å². The minimum Gasteiger partial charge on any atom is -0.474 e. The van der Waals surface area contributed by atoms with E-state index < -0.39 is 13.0 Å². The van der Waals surface area contributed by atoms with E-state index in [1.165, 1.54) is 0 Å². The van der Waals surface area contributed by atoms with Crippen LogP contribution in [0.3, 0.4) is 0 Å². The standard InChI is InChI=1S/C25H29BN4O5/c1-25(2)14-33-26(34-15-25)18-11-16(13-27)10-17(12-18)23(32)30-19-5-7-20(8-6-19)35-24-21(22(28)31)4-3-9-29-24/h3-4,9-12,19-20H,5-8,14-15H2,1-2H3,(H2,28,31)(H,30,32). The number of pyridine rings is 1. The molecule has 182 valence electrons. The van der Waals surface area contributed by atoms with Crippen LogP contribution in [0, 0.1) is 16.7 Å². The van der Waals surface area contributed by atoms with E-state index in [1.54, 1.807) is 36.5 Å². The third-order valence-corrected chi connectivity index (χ3v) is 6.19. The van der Waals surface area contributed by atoms with Crippen LogP contribution in [0.25, 0.3) is 0 Å². The van der Waals surface area contributed by atoms with E-state index in [0.29, 0.717) is 55.5 Å². The van der Waals surface area contributed by atoms with Crippen molar-refractivity contribution in [1.82, 2.24) is 10.3 Å². The molecular weight excluding hydrogens is 447 g/mol. The molecule has 2 heterocycles. The number of nitrogens with two attached hydrogens (primary N) is 1. The summed E-state index contributed by atoms with van der Waals surface area (Å²) in [4.78, 5) is 28.7. The number of benzene rings is 1. The number of hydrogen-bond acceptors (Lipinski definition) is 7. The van der Waals surface area contributed by atoms with Gasteiger partial charge in [0.2, 0.25) is 5.88 Å². The highest BCUT2D eigenvalue weighted by Gasteiger charge is 2.34. The van der Waals surface area contributed by atoms with Crippen molar-refractivity contribution < 1.29 is 23.6 Å². The van der Waals surface area contributed by atoms with Gasteiger partial charge < -0.3 is 25.1 Å². The first-order chi connectivity index (χ1) is 16.7. The minimum atomic E-state index is -0.604. The van der Waals surface area contributed by atoms with E-state index in [9.17, 15) is 14.9 Å². The van der Waals surface area contributed by atoms with E-state index in [2.05, 4.69) is 30.2 Å². The van der Waals surface area contributed by atoms with Gasteiger partial charge in [0.05, 0.1) is 11.6 Å². The van der Waals surface area contributed by atoms with Gasteiger partial charge in [0, 0.05) is 36.4 Å². The Hall–Kier alpha value is -3.42. The molecule has 0 radical (unpaired) electrons. The molecule has 9 nitrogen and oxygen atoms in total. The van der Waals surface area contributed by atoms with Gasteiger partial charge >= 0.3 is 7.12 Å². The van der Waals surface area contributed by atoms with Crippen LogP contribution in [-0.2, 0) is 9.31 Å². The van der Waals surface area contributed by atoms with Crippen molar-refractivity contribution in [2.24, 2.45) is 11.1 Å². The van der Waals surface area contributed by atoms with Gasteiger partial charge in [0.25, 0.3) is 11.8 Å². The van der Waals surface area contributed by atoms with Crippen LogP contribution in [0.1, 0.15) is 65.8 Å². The van der Waals surface area contributed by atoms with E-state index >= 15 is 0 Å². The minimum absolute atomic E-state index is 0.0288. The molecule has 1 aromatic heterocycles. The fourth-order valence-electron chi connectivity index (χ4n) is 4.29. The second kappa shape index (κ2) is 10.5. The number of nitrogens with one attached hydrogen (secondary N) is 1. The maximum absolute atomic E-state index is 13.0. The molecular formula is C25H29BN4O5. The molecule has 1 saturated heterocycles. The quantitative estimate of drug-likeness (QED) is 0.608. The number of nitriles is 1. The van der Waals surface area contributed by atoms with Crippen molar-refractivity contribution in [3.8, 4) is 11.9 Å². The molecule has 4 rings (SSSR count). The summed E-state index contributed by atoms with van der Waals surface area (Å²) < 4.78 is 17.6. The lowest BCUT2D eigenvalue weighted by Crippen LogP contribution is -2.48. The van der Waals surface area contributed by atoms with E-state index in [4.69, 9.17) is 19.8 Å². The van der Waals surface area contributed by atoms with Crippen LogP contribution in [0.4, 0.5) is 0 Å². The predicted molar refractivity (Wildman–Crippen MR) is 129 cm³/mol. The van der Waals surface area contributed by atoms with Gasteiger partial charge in [0.1, 0.15) is 11.7 Å². The first-order valence-electron chi connectivity index (χ1n) is 11.7. The first-order valence-corrected chi connectivity index (χ1v) is 11.7. The molecule has 2 aliphatic rings. The van der Waals surface area contributed by atoms with Crippen molar-refractivity contribution in [2.75, 3.05) is 13.2 Å². The van der Waals surface area contributed by atoms with Crippen LogP contribution in [0.5, 0.6) is 5.88 Å². The van der Waals surface area contributed by atoms with Crippen LogP contribution < -0.4 is 21.3 Å². The third-order valence-electron chi connectivity index (χ3n) is 6.19. The van der Waals surface area contributed by atoms with E-state index in [-0.39, 0.29) is 34.9 Å². The zero-order valence-corrected chi connectivity index (χ0v) is 20.0. The maximum atomic E-state index is 13.0. The normalized spacial score (nSPS) is 21.6. The molecule has 1 aliphatic carbocycles. The number of primary amides is 1. The van der Waals surface area contributed by atoms with Crippen LogP contribution in [0.15, 0.2) is 36.5 Å². The number of aromatic nitrogens is 1. The number of amides is 2. The Kier molecular flexibility index (Phi) is 7.38. The highest BCUT2D eigenvalue weighted by molar-refractivity contribution is 6.61. The molecule has 0 bridgehead atoms. The zero-order valence-electron chi connectivity index (χ0n) is 20.0. The molecule has 1 saturated carbocycles. The van der Waals surface area contributed by atoms with Crippen molar-refractivity contribution in [2.45, 2.75) is 51.7 Å². The van der Waals surface area contributed by atoms with E-state index in [0.717, 1.165) is 0 Å². The summed E-state index contributed by atoms with van der Waals surface area (Å²) in [7, 11) is -0.604. The average Bonchev–Trinajstić information content (AvgIpc) is 2.85. The molecule has 10 heteroatoms. The number of carbonyl (C=O) groups excluding carboxylic acids is 2. The molecule has 0 unspecified atom stereocenters. The Morgan fingerprint density at radius 3 is 2.57 bits per heavy atom. The Labute approximate surface area is 205 Å². The van der Waals surface area contributed by atoms with Gasteiger partial charge in [-0.05, 0) is 61.5 Å². The highest BCUT2D eigenvalue weighted by atomic mass is 16.6. The summed E-state index contributed by atoms with van der Waals surface area (Å²) in [6.07, 6.45) is 4.26. The van der Waals surface area contributed by atoms with Crippen molar-refractivity contribution >= 4 is 24.4 Å². The summed E-state index contributed by atoms with van der Waals surface area (Å²) in [5.74, 6) is -0.589. The van der Waals surface area contributed by atoms with Gasteiger partial charge in [-0.25, -0.2) is 4.98 Å². The van der Waals surface area contributed by atoms with Crippen molar-refractivity contribution in [3.63, 3.8) is 0 Å². The lowest BCUT2D eigenvalue weighted by Gasteiger charge is -2.33. The van der Waals surface area contributed by atoms with Crippen molar-refractivity contribution in [1.29, 1.82) is 5.26 Å². The second-order valence-corrected chi connectivity index (χ2v) is 9.86. The Morgan fingerprint density at radius 1 is 1.20 bits per heavy atom. The highest BCUT2D eigenvalue weighted by Crippen LogP contribution is 2.25. The number of hydrogen-bond donors (Lipinski definition) is 2. The smallest absolute Gasteiger partial charge is 0.474 e. The number of carbonyl (C=O) groups is 2. The predicted octanol–water partition coefficient (Wildman–Crippen LogP) is 1.94. The zero-order chi connectivity index (χ0) is 25.0. The summed E-state index contributed by atoms with van der Waals surface area (Å²) in [5, 5.41) is 12.5. The van der Waals surface area contributed by atoms with Crippen molar-refractivity contribution in [3.05, 3.63) is 53.2 Å². The van der Waals surface area contributed by atoms with Gasteiger partial charge in [-0.1, -0.05) is 13.8 Å². The lowest BCUT2D eigenvalue weighted by atomic mass is 9.74. The molecule has 3 N–H and O–H groups in total. The number of rotatable bonds is 6. The number of nitrogens with zero attached hydrogens (tertiary/aromatic N) is 2. The van der Waals surface area contributed by atoms with Gasteiger partial charge in [-0.3, -0.25) is 9.59 Å². The van der Waals surface area contributed by atoms with Gasteiger partial charge in [-0.2, -0.15) is 5.26 Å². The topological polar surface area (TPSA) is 137 Å². The SMILES string of the molecule is CC1(C)COB(c2cc(C#N)cc(C(=O)NC3CCC(Oc4ncccc4C(N)=O)CC3)c2)OC1. The van der Waals surface area contributed by atoms with Crippen LogP contribution >= 0.6 is 0 Å². The fraction of sp³-hybridized carbons (Fsp3) is 0.440.